The molecule has 0 saturated carbocycles. The zero-order valence-corrected chi connectivity index (χ0v) is 15.2. The number of carbonyl (C=O) groups is 1. The summed E-state index contributed by atoms with van der Waals surface area (Å²) in [5.74, 6) is 1.42. The van der Waals surface area contributed by atoms with E-state index in [-0.39, 0.29) is 25.8 Å². The number of rotatable bonds is 8. The van der Waals surface area contributed by atoms with Gasteiger partial charge < -0.3 is 33.9 Å². The van der Waals surface area contributed by atoms with Crippen molar-refractivity contribution in [2.75, 3.05) is 27.1 Å². The van der Waals surface area contributed by atoms with Gasteiger partial charge in [-0.3, -0.25) is 0 Å². The molecule has 0 radical (unpaired) electrons. The van der Waals surface area contributed by atoms with E-state index >= 15 is 0 Å². The third kappa shape index (κ3) is 5.08. The van der Waals surface area contributed by atoms with Crippen LogP contribution < -0.4 is 18.9 Å². The van der Waals surface area contributed by atoms with E-state index in [0.29, 0.717) is 28.6 Å². The van der Waals surface area contributed by atoms with Crippen LogP contribution in [0.5, 0.6) is 28.7 Å². The molecule has 0 fully saturated rings. The zero-order chi connectivity index (χ0) is 19.9. The molecular weight excluding hydrogens is 368 g/mol. The van der Waals surface area contributed by atoms with Gasteiger partial charge in [-0.2, -0.15) is 0 Å². The van der Waals surface area contributed by atoms with Crippen LogP contribution in [-0.4, -0.2) is 49.4 Å². The summed E-state index contributed by atoms with van der Waals surface area (Å²) in [6.45, 7) is -0.0970. The Morgan fingerprint density at radius 2 is 2.00 bits per heavy atom. The van der Waals surface area contributed by atoms with E-state index in [4.69, 9.17) is 23.7 Å². The number of phenolic OH excluding ortho intramolecular Hbond substituents is 1. The fraction of sp³-hybridized carbons (Fsp3) is 0.250. The summed E-state index contributed by atoms with van der Waals surface area (Å²) in [4.78, 5) is 11.8. The molecule has 28 heavy (non-hydrogen) atoms. The van der Waals surface area contributed by atoms with Crippen molar-refractivity contribution in [3.8, 4) is 28.7 Å². The van der Waals surface area contributed by atoms with Crippen LogP contribution in [0.15, 0.2) is 42.5 Å². The summed E-state index contributed by atoms with van der Waals surface area (Å²) in [7, 11) is 1.43. The number of esters is 1. The molecule has 2 aromatic carbocycles. The van der Waals surface area contributed by atoms with E-state index in [9.17, 15) is 15.0 Å². The zero-order valence-electron chi connectivity index (χ0n) is 15.2. The summed E-state index contributed by atoms with van der Waals surface area (Å²) >= 11 is 0. The third-order valence-corrected chi connectivity index (χ3v) is 3.82. The van der Waals surface area contributed by atoms with Crippen molar-refractivity contribution in [1.29, 1.82) is 0 Å². The second kappa shape index (κ2) is 9.01. The van der Waals surface area contributed by atoms with Gasteiger partial charge in [0, 0.05) is 12.1 Å². The van der Waals surface area contributed by atoms with Crippen molar-refractivity contribution in [1.82, 2.24) is 0 Å². The Kier molecular flexibility index (Phi) is 6.23. The first-order valence-electron chi connectivity index (χ1n) is 8.47. The molecule has 148 valence electrons. The van der Waals surface area contributed by atoms with Crippen molar-refractivity contribution in [3.05, 3.63) is 48.0 Å². The van der Waals surface area contributed by atoms with Crippen LogP contribution in [-0.2, 0) is 9.53 Å². The third-order valence-electron chi connectivity index (χ3n) is 3.82. The molecule has 8 nitrogen and oxygen atoms in total. The van der Waals surface area contributed by atoms with E-state index in [0.717, 1.165) is 0 Å². The van der Waals surface area contributed by atoms with Gasteiger partial charge in [-0.05, 0) is 35.9 Å². The van der Waals surface area contributed by atoms with Gasteiger partial charge in [0.25, 0.3) is 0 Å². The lowest BCUT2D eigenvalue weighted by molar-refractivity contribution is -0.141. The Labute approximate surface area is 161 Å². The highest BCUT2D eigenvalue weighted by Gasteiger charge is 2.15. The van der Waals surface area contributed by atoms with Gasteiger partial charge in [-0.15, -0.1) is 0 Å². The number of hydrogen-bond donors (Lipinski definition) is 2. The molecule has 1 aliphatic rings. The lowest BCUT2D eigenvalue weighted by Gasteiger charge is -2.12. The molecule has 1 heterocycles. The lowest BCUT2D eigenvalue weighted by Crippen LogP contribution is -2.24. The number of aromatic hydroxyl groups is 1. The standard InChI is InChI=1S/C20H20O8/c1-24-18-8-13(2-5-16(18)22)3-7-20(23)26-11-14(21)10-25-15-4-6-17-19(9-15)28-12-27-17/h2-9,14,21-22H,10-12H2,1H3/b7-3+. The van der Waals surface area contributed by atoms with Gasteiger partial charge >= 0.3 is 5.97 Å². The second-order valence-electron chi connectivity index (χ2n) is 5.87. The number of benzene rings is 2. The van der Waals surface area contributed by atoms with E-state index in [1.165, 1.54) is 25.3 Å². The number of fused-ring (bicyclic) bond motifs is 1. The van der Waals surface area contributed by atoms with Crippen molar-refractivity contribution in [2.24, 2.45) is 0 Å². The molecule has 1 aliphatic heterocycles. The molecular formula is C20H20O8. The largest absolute Gasteiger partial charge is 0.504 e. The minimum atomic E-state index is -0.989. The minimum absolute atomic E-state index is 0.00723. The molecule has 8 heteroatoms. The summed E-state index contributed by atoms with van der Waals surface area (Å²) in [6, 6.07) is 9.73. The Hall–Kier alpha value is -3.39. The monoisotopic (exact) mass is 388 g/mol. The first kappa shape index (κ1) is 19.4. The van der Waals surface area contributed by atoms with Crippen molar-refractivity contribution < 1.29 is 38.7 Å². The smallest absolute Gasteiger partial charge is 0.330 e. The molecule has 0 bridgehead atoms. The average Bonchev–Trinajstić information content (AvgIpc) is 3.18. The first-order valence-corrected chi connectivity index (χ1v) is 8.47. The molecule has 0 amide bonds. The fourth-order valence-electron chi connectivity index (χ4n) is 2.40. The minimum Gasteiger partial charge on any atom is -0.504 e. The molecule has 0 aliphatic carbocycles. The van der Waals surface area contributed by atoms with Crippen LogP contribution in [0.4, 0.5) is 0 Å². The van der Waals surface area contributed by atoms with Gasteiger partial charge in [0.05, 0.1) is 7.11 Å². The molecule has 2 aromatic rings. The summed E-state index contributed by atoms with van der Waals surface area (Å²) in [5.41, 5.74) is 0.651. The molecule has 1 unspecified atom stereocenters. The highest BCUT2D eigenvalue weighted by molar-refractivity contribution is 5.87. The highest BCUT2D eigenvalue weighted by atomic mass is 16.7. The topological polar surface area (TPSA) is 104 Å². The number of ether oxygens (including phenoxy) is 5. The van der Waals surface area contributed by atoms with Gasteiger partial charge in [0.2, 0.25) is 6.79 Å². The number of methoxy groups -OCH3 is 1. The highest BCUT2D eigenvalue weighted by Crippen LogP contribution is 2.35. The van der Waals surface area contributed by atoms with E-state index < -0.39 is 12.1 Å². The molecule has 0 aromatic heterocycles. The Morgan fingerprint density at radius 1 is 1.18 bits per heavy atom. The summed E-state index contributed by atoms with van der Waals surface area (Å²) in [5, 5.41) is 19.5. The van der Waals surface area contributed by atoms with Crippen molar-refractivity contribution in [2.45, 2.75) is 6.10 Å². The summed E-state index contributed by atoms with van der Waals surface area (Å²) in [6.07, 6.45) is 1.74. The lowest BCUT2D eigenvalue weighted by atomic mass is 10.2. The van der Waals surface area contributed by atoms with Gasteiger partial charge in [-0.1, -0.05) is 6.07 Å². The average molecular weight is 388 g/mol. The Balaban J connectivity index is 1.42. The molecule has 0 spiro atoms. The number of hydrogen-bond acceptors (Lipinski definition) is 8. The SMILES string of the molecule is COc1cc(/C=C/C(=O)OCC(O)COc2ccc3c(c2)OCO3)ccc1O. The maximum Gasteiger partial charge on any atom is 0.330 e. The quantitative estimate of drug-likeness (QED) is 0.524. The Bertz CT molecular complexity index is 861. The number of aliphatic hydroxyl groups is 1. The molecule has 2 N–H and O–H groups in total. The van der Waals surface area contributed by atoms with Crippen LogP contribution in [0.1, 0.15) is 5.56 Å². The van der Waals surface area contributed by atoms with Crippen LogP contribution in [0.25, 0.3) is 6.08 Å². The number of carbonyl (C=O) groups excluding carboxylic acids is 1. The van der Waals surface area contributed by atoms with Gasteiger partial charge in [0.1, 0.15) is 25.1 Å². The van der Waals surface area contributed by atoms with Crippen molar-refractivity contribution >= 4 is 12.0 Å². The fourth-order valence-corrected chi connectivity index (χ4v) is 2.40. The van der Waals surface area contributed by atoms with Crippen LogP contribution in [0.2, 0.25) is 0 Å². The number of phenols is 1. The van der Waals surface area contributed by atoms with Gasteiger partial charge in [0.15, 0.2) is 23.0 Å². The van der Waals surface area contributed by atoms with Gasteiger partial charge in [-0.25, -0.2) is 4.79 Å². The van der Waals surface area contributed by atoms with E-state index in [2.05, 4.69) is 0 Å². The predicted molar refractivity (Wildman–Crippen MR) is 98.7 cm³/mol. The van der Waals surface area contributed by atoms with E-state index in [1.807, 2.05) is 0 Å². The Morgan fingerprint density at radius 3 is 2.82 bits per heavy atom. The second-order valence-corrected chi connectivity index (χ2v) is 5.87. The van der Waals surface area contributed by atoms with Crippen LogP contribution in [0, 0.1) is 0 Å². The molecule has 3 rings (SSSR count). The molecule has 0 saturated heterocycles. The van der Waals surface area contributed by atoms with E-state index in [1.54, 1.807) is 30.3 Å². The maximum atomic E-state index is 11.8. The molecule has 1 atom stereocenters. The first-order chi connectivity index (χ1) is 13.5. The predicted octanol–water partition coefficient (Wildman–Crippen LogP) is 2.13. The van der Waals surface area contributed by atoms with Crippen LogP contribution >= 0.6 is 0 Å². The normalized spacial score (nSPS) is 13.4. The van der Waals surface area contributed by atoms with Crippen molar-refractivity contribution in [3.63, 3.8) is 0 Å². The summed E-state index contributed by atoms with van der Waals surface area (Å²) < 4.78 is 25.9. The van der Waals surface area contributed by atoms with Crippen LogP contribution in [0.3, 0.4) is 0 Å². The maximum absolute atomic E-state index is 11.8. The number of aliphatic hydroxyl groups excluding tert-OH is 1.